The van der Waals surface area contributed by atoms with E-state index in [1.54, 1.807) is 36.2 Å². The molecular formula is C46H49N5O7. The van der Waals surface area contributed by atoms with Crippen molar-refractivity contribution in [3.05, 3.63) is 136 Å². The van der Waals surface area contributed by atoms with Crippen LogP contribution in [0.25, 0.3) is 11.3 Å². The summed E-state index contributed by atoms with van der Waals surface area (Å²) in [6, 6.07) is 29.4. The third kappa shape index (κ3) is 7.95. The van der Waals surface area contributed by atoms with Crippen LogP contribution in [-0.2, 0) is 37.2 Å². The zero-order chi connectivity index (χ0) is 40.3. The Balaban J connectivity index is 1.22. The Morgan fingerprint density at radius 1 is 0.828 bits per heavy atom. The van der Waals surface area contributed by atoms with E-state index in [0.29, 0.717) is 85.2 Å². The first kappa shape index (κ1) is 38.9. The van der Waals surface area contributed by atoms with Crippen LogP contribution in [0.4, 0.5) is 10.5 Å². The number of ether oxygens (including phenoxy) is 2. The van der Waals surface area contributed by atoms with Crippen LogP contribution in [0.2, 0.25) is 0 Å². The summed E-state index contributed by atoms with van der Waals surface area (Å²) in [5.41, 5.74) is 7.65. The average Bonchev–Trinajstić information content (AvgIpc) is 3.57. The summed E-state index contributed by atoms with van der Waals surface area (Å²) in [5.74, 6) is 0.153. The molecule has 1 fully saturated rings. The third-order valence-electron chi connectivity index (χ3n) is 11.7. The molecule has 3 aliphatic rings. The van der Waals surface area contributed by atoms with Gasteiger partial charge in [0.1, 0.15) is 11.5 Å². The Hall–Kier alpha value is -5.95. The van der Waals surface area contributed by atoms with Gasteiger partial charge in [0.2, 0.25) is 0 Å². The molecule has 1 aromatic heterocycles. The van der Waals surface area contributed by atoms with Crippen LogP contribution in [0.15, 0.2) is 97.1 Å². The molecule has 0 aliphatic carbocycles. The molecule has 3 amide bonds. The Morgan fingerprint density at radius 3 is 2.29 bits per heavy atom. The molecule has 12 nitrogen and oxygen atoms in total. The fourth-order valence-corrected chi connectivity index (χ4v) is 8.48. The first-order chi connectivity index (χ1) is 28.2. The number of aliphatic hydroxyl groups is 1. The van der Waals surface area contributed by atoms with E-state index in [2.05, 4.69) is 17.0 Å². The van der Waals surface area contributed by atoms with Gasteiger partial charge in [0, 0.05) is 87.1 Å². The summed E-state index contributed by atoms with van der Waals surface area (Å²) in [6.45, 7) is 6.60. The molecule has 2 N–H and O–H groups in total. The first-order valence-electron chi connectivity index (χ1n) is 19.9. The van der Waals surface area contributed by atoms with Gasteiger partial charge in [0.25, 0.3) is 11.8 Å². The van der Waals surface area contributed by atoms with Gasteiger partial charge >= 0.3 is 6.09 Å². The van der Waals surface area contributed by atoms with Crippen molar-refractivity contribution in [2.24, 2.45) is 0 Å². The molecule has 1 saturated heterocycles. The number of nitrogens with zero attached hydrogens (tertiary/aromatic N) is 5. The van der Waals surface area contributed by atoms with E-state index in [4.69, 9.17) is 9.47 Å². The minimum absolute atomic E-state index is 0.0994. The number of benzene rings is 4. The van der Waals surface area contributed by atoms with E-state index in [0.717, 1.165) is 29.8 Å². The number of fused-ring (bicyclic) bond motifs is 2. The zero-order valence-electron chi connectivity index (χ0n) is 33.0. The monoisotopic (exact) mass is 783 g/mol. The molecular weight excluding hydrogens is 735 g/mol. The predicted molar refractivity (Wildman–Crippen MR) is 220 cm³/mol. The summed E-state index contributed by atoms with van der Waals surface area (Å²) in [6.07, 6.45) is 0.785. The molecule has 0 bridgehead atoms. The minimum atomic E-state index is -0.458. The van der Waals surface area contributed by atoms with Crippen LogP contribution in [0.1, 0.15) is 48.7 Å². The molecule has 0 saturated carbocycles. The fraction of sp³-hybridized carbons (Fsp3) is 0.326. The van der Waals surface area contributed by atoms with Gasteiger partial charge in [-0.25, -0.2) is 4.79 Å². The maximum Gasteiger partial charge on any atom is 0.415 e. The lowest BCUT2D eigenvalue weighted by Crippen LogP contribution is -2.52. The molecule has 8 rings (SSSR count). The number of hydrogen-bond donors (Lipinski definition) is 2. The predicted octanol–water partition coefficient (Wildman–Crippen LogP) is 5.89. The van der Waals surface area contributed by atoms with Crippen molar-refractivity contribution >= 4 is 23.6 Å². The number of carbonyl (C=O) groups is 3. The maximum atomic E-state index is 15.4. The smallest absolute Gasteiger partial charge is 0.415 e. The normalized spacial score (nSPS) is 16.7. The molecule has 0 radical (unpaired) electrons. The lowest BCUT2D eigenvalue weighted by molar-refractivity contribution is 0.0193. The van der Waals surface area contributed by atoms with Crippen LogP contribution in [0.5, 0.6) is 11.5 Å². The van der Waals surface area contributed by atoms with Gasteiger partial charge in [0.15, 0.2) is 0 Å². The number of anilines is 1. The molecule has 300 valence electrons. The molecule has 4 heterocycles. The van der Waals surface area contributed by atoms with Crippen molar-refractivity contribution in [1.29, 1.82) is 0 Å². The van der Waals surface area contributed by atoms with Crippen molar-refractivity contribution in [3.63, 3.8) is 0 Å². The number of aromatic nitrogens is 1. The summed E-state index contributed by atoms with van der Waals surface area (Å²) in [7, 11) is 1.68. The van der Waals surface area contributed by atoms with Gasteiger partial charge < -0.3 is 39.0 Å². The van der Waals surface area contributed by atoms with Crippen molar-refractivity contribution in [2.75, 3.05) is 57.9 Å². The highest BCUT2D eigenvalue weighted by molar-refractivity contribution is 6.08. The van der Waals surface area contributed by atoms with E-state index in [9.17, 15) is 19.8 Å². The fourth-order valence-electron chi connectivity index (χ4n) is 8.48. The Bertz CT molecular complexity index is 2300. The first-order valence-corrected chi connectivity index (χ1v) is 19.9. The van der Waals surface area contributed by atoms with Crippen LogP contribution in [0, 0.1) is 6.92 Å². The molecule has 1 atom stereocenters. The van der Waals surface area contributed by atoms with Crippen LogP contribution < -0.4 is 9.64 Å². The van der Waals surface area contributed by atoms with Crippen molar-refractivity contribution in [1.82, 2.24) is 19.3 Å². The quantitative estimate of drug-likeness (QED) is 0.190. The van der Waals surface area contributed by atoms with Crippen molar-refractivity contribution in [3.8, 4) is 22.8 Å². The second kappa shape index (κ2) is 16.9. The number of rotatable bonds is 9. The molecule has 0 spiro atoms. The number of phenols is 1. The number of aromatic hydroxyl groups is 1. The average molecular weight is 784 g/mol. The SMILES string of the molecule is Cc1c(C(=O)N(C)c2ccc(O)cc2)cc(-c2cc3c(cc2C(=O)N2Cc4ccccc4C[C@H]2CN2CCOCC2)CN(C(=O)Oc2ccccc2)CC3)n1CCO. The number of amides is 3. The summed E-state index contributed by atoms with van der Waals surface area (Å²) in [5, 5.41) is 20.2. The number of phenolic OH excluding ortho intramolecular Hbond substituents is 1. The van der Waals surface area contributed by atoms with Gasteiger partial charge in [-0.2, -0.15) is 0 Å². The maximum absolute atomic E-state index is 15.4. The van der Waals surface area contributed by atoms with Gasteiger partial charge in [-0.15, -0.1) is 0 Å². The second-order valence-corrected chi connectivity index (χ2v) is 15.3. The standard InChI is InChI=1S/C46H49N5O7/c1-31-40(44(54)47(2)36-12-14-38(53)15-13-36)27-43(50(31)18-21-52)41-25-33-16-17-49(46(56)58-39-10-4-3-5-11-39)28-35(33)26-42(41)45(55)51-29-34-9-7-6-8-32(34)24-37(51)30-48-19-22-57-23-20-48/h3-15,25-27,37,52-53H,16-24,28-30H2,1-2H3/t37-/m0/s1. The van der Waals surface area contributed by atoms with Crippen LogP contribution in [0.3, 0.4) is 0 Å². The van der Waals surface area contributed by atoms with E-state index in [-0.39, 0.29) is 43.3 Å². The highest BCUT2D eigenvalue weighted by atomic mass is 16.6. The van der Waals surface area contributed by atoms with Crippen LogP contribution in [-0.4, -0.2) is 106 Å². The number of para-hydroxylation sites is 1. The molecule has 0 unspecified atom stereocenters. The Kier molecular flexibility index (Phi) is 11.3. The highest BCUT2D eigenvalue weighted by Gasteiger charge is 2.35. The van der Waals surface area contributed by atoms with Gasteiger partial charge in [-0.1, -0.05) is 42.5 Å². The van der Waals surface area contributed by atoms with Crippen LogP contribution >= 0.6 is 0 Å². The second-order valence-electron chi connectivity index (χ2n) is 15.3. The number of aliphatic hydroxyl groups excluding tert-OH is 1. The third-order valence-corrected chi connectivity index (χ3v) is 11.7. The number of carbonyl (C=O) groups excluding carboxylic acids is 3. The molecule has 3 aliphatic heterocycles. The topological polar surface area (TPSA) is 128 Å². The Labute approximate surface area is 338 Å². The van der Waals surface area contributed by atoms with E-state index >= 15 is 4.79 Å². The Morgan fingerprint density at radius 2 is 1.55 bits per heavy atom. The summed E-state index contributed by atoms with van der Waals surface area (Å²) in [4.78, 5) is 50.6. The largest absolute Gasteiger partial charge is 0.508 e. The number of hydrogen-bond acceptors (Lipinski definition) is 8. The molecule has 5 aromatic rings. The lowest BCUT2D eigenvalue weighted by Gasteiger charge is -2.41. The van der Waals surface area contributed by atoms with E-state index in [1.165, 1.54) is 22.6 Å². The van der Waals surface area contributed by atoms with Gasteiger partial charge in [-0.05, 0) is 96.6 Å². The number of morpholine rings is 1. The van der Waals surface area contributed by atoms with E-state index < -0.39 is 6.09 Å². The highest BCUT2D eigenvalue weighted by Crippen LogP contribution is 2.37. The van der Waals surface area contributed by atoms with Crippen molar-refractivity contribution in [2.45, 2.75) is 45.4 Å². The molecule has 4 aromatic carbocycles. The van der Waals surface area contributed by atoms with Gasteiger partial charge in [0.05, 0.1) is 25.4 Å². The zero-order valence-corrected chi connectivity index (χ0v) is 33.0. The summed E-state index contributed by atoms with van der Waals surface area (Å²) >= 11 is 0. The summed E-state index contributed by atoms with van der Waals surface area (Å²) < 4.78 is 13.3. The lowest BCUT2D eigenvalue weighted by atomic mass is 9.89. The van der Waals surface area contributed by atoms with E-state index in [1.807, 2.05) is 64.9 Å². The molecule has 58 heavy (non-hydrogen) atoms. The molecule has 12 heteroatoms. The van der Waals surface area contributed by atoms with Crippen molar-refractivity contribution < 1.29 is 34.1 Å². The van der Waals surface area contributed by atoms with Gasteiger partial charge in [-0.3, -0.25) is 14.5 Å². The minimum Gasteiger partial charge on any atom is -0.508 e.